The highest BCUT2D eigenvalue weighted by atomic mass is 16.5. The van der Waals surface area contributed by atoms with E-state index >= 15 is 0 Å². The van der Waals surface area contributed by atoms with Crippen molar-refractivity contribution in [2.45, 2.75) is 19.8 Å². The molecule has 182 valence electrons. The summed E-state index contributed by atoms with van der Waals surface area (Å²) >= 11 is 0. The van der Waals surface area contributed by atoms with Crippen LogP contribution in [-0.4, -0.2) is 37.2 Å². The molecule has 1 fully saturated rings. The maximum atomic E-state index is 13.0. The number of nitrogens with zero attached hydrogens (tertiary/aromatic N) is 2. The van der Waals surface area contributed by atoms with Crippen molar-refractivity contribution in [2.75, 3.05) is 36.5 Å². The van der Waals surface area contributed by atoms with Crippen molar-refractivity contribution >= 4 is 17.3 Å². The van der Waals surface area contributed by atoms with Crippen molar-refractivity contribution in [2.24, 2.45) is 0 Å². The van der Waals surface area contributed by atoms with Crippen molar-refractivity contribution in [3.63, 3.8) is 0 Å². The van der Waals surface area contributed by atoms with Crippen molar-refractivity contribution in [3.05, 3.63) is 102 Å². The fourth-order valence-corrected chi connectivity index (χ4v) is 4.55. The molecule has 1 aliphatic heterocycles. The zero-order valence-corrected chi connectivity index (χ0v) is 20.8. The molecule has 5 rings (SSSR count). The molecular formula is C31H31N3O2. The number of carbonyl (C=O) groups is 1. The predicted octanol–water partition coefficient (Wildman–Crippen LogP) is 6.30. The number of hydrogen-bond donors (Lipinski definition) is 1. The van der Waals surface area contributed by atoms with Crippen LogP contribution in [0.15, 0.2) is 91.1 Å². The van der Waals surface area contributed by atoms with Crippen LogP contribution >= 0.6 is 0 Å². The standard InChI is InChI=1S/C31H31N3O2/c1-22-20-28(14-15-32-22)24-6-10-29(11-7-24)33-31(35)23(2)26-4-3-5-27(21-26)25-8-12-30(13-9-25)34-16-18-36-19-17-34/h3-15,20-21,23H,16-19H2,1-2H3,(H,33,35). The summed E-state index contributed by atoms with van der Waals surface area (Å²) in [5, 5.41) is 3.07. The number of rotatable bonds is 6. The highest BCUT2D eigenvalue weighted by Crippen LogP contribution is 2.28. The third-order valence-electron chi connectivity index (χ3n) is 6.74. The van der Waals surface area contributed by atoms with Crippen LogP contribution in [0.25, 0.3) is 22.3 Å². The minimum absolute atomic E-state index is 0.0256. The number of ether oxygens (including phenoxy) is 1. The van der Waals surface area contributed by atoms with Gasteiger partial charge in [0.25, 0.3) is 0 Å². The Morgan fingerprint density at radius 1 is 0.861 bits per heavy atom. The van der Waals surface area contributed by atoms with E-state index < -0.39 is 0 Å². The topological polar surface area (TPSA) is 54.5 Å². The molecule has 1 unspecified atom stereocenters. The molecule has 2 heterocycles. The van der Waals surface area contributed by atoms with E-state index in [0.29, 0.717) is 0 Å². The Labute approximate surface area is 212 Å². The van der Waals surface area contributed by atoms with E-state index in [1.165, 1.54) is 5.69 Å². The summed E-state index contributed by atoms with van der Waals surface area (Å²) in [5.41, 5.74) is 8.44. The van der Waals surface area contributed by atoms with Crippen LogP contribution in [-0.2, 0) is 9.53 Å². The first-order chi connectivity index (χ1) is 17.6. The number of morpholine rings is 1. The molecule has 36 heavy (non-hydrogen) atoms. The molecule has 1 aromatic heterocycles. The molecule has 5 heteroatoms. The lowest BCUT2D eigenvalue weighted by atomic mass is 9.95. The summed E-state index contributed by atoms with van der Waals surface area (Å²) in [4.78, 5) is 19.6. The van der Waals surface area contributed by atoms with Gasteiger partial charge < -0.3 is 15.0 Å². The lowest BCUT2D eigenvalue weighted by molar-refractivity contribution is -0.117. The van der Waals surface area contributed by atoms with Crippen LogP contribution in [0.5, 0.6) is 0 Å². The quantitative estimate of drug-likeness (QED) is 0.354. The van der Waals surface area contributed by atoms with Gasteiger partial charge in [0, 0.05) is 36.4 Å². The Morgan fingerprint density at radius 3 is 2.22 bits per heavy atom. The van der Waals surface area contributed by atoms with Crippen molar-refractivity contribution < 1.29 is 9.53 Å². The third kappa shape index (κ3) is 5.47. The monoisotopic (exact) mass is 477 g/mol. The van der Waals surface area contributed by atoms with Gasteiger partial charge in [-0.2, -0.15) is 0 Å². The molecule has 1 saturated heterocycles. The number of anilines is 2. The number of amides is 1. The Bertz CT molecular complexity index is 1330. The second kappa shape index (κ2) is 10.8. The third-order valence-corrected chi connectivity index (χ3v) is 6.74. The average molecular weight is 478 g/mol. The first kappa shape index (κ1) is 23.8. The van der Waals surface area contributed by atoms with Gasteiger partial charge in [0.05, 0.1) is 19.1 Å². The molecular weight excluding hydrogens is 446 g/mol. The number of nitrogens with one attached hydrogen (secondary N) is 1. The lowest BCUT2D eigenvalue weighted by Crippen LogP contribution is -2.36. The van der Waals surface area contributed by atoms with Crippen LogP contribution in [0.2, 0.25) is 0 Å². The molecule has 5 nitrogen and oxygen atoms in total. The van der Waals surface area contributed by atoms with E-state index in [-0.39, 0.29) is 11.8 Å². The summed E-state index contributed by atoms with van der Waals surface area (Å²) in [6, 6.07) is 28.9. The van der Waals surface area contributed by atoms with Gasteiger partial charge in [0.1, 0.15) is 0 Å². The molecule has 1 N–H and O–H groups in total. The van der Waals surface area contributed by atoms with E-state index in [1.807, 2.05) is 62.5 Å². The molecule has 1 atom stereocenters. The summed E-state index contributed by atoms with van der Waals surface area (Å²) in [5.74, 6) is -0.303. The van der Waals surface area contributed by atoms with Crippen molar-refractivity contribution in [1.82, 2.24) is 4.98 Å². The van der Waals surface area contributed by atoms with Crippen LogP contribution in [0, 0.1) is 6.92 Å². The highest BCUT2D eigenvalue weighted by Gasteiger charge is 2.17. The number of hydrogen-bond acceptors (Lipinski definition) is 4. The smallest absolute Gasteiger partial charge is 0.231 e. The zero-order valence-electron chi connectivity index (χ0n) is 20.8. The van der Waals surface area contributed by atoms with Crippen LogP contribution in [0.4, 0.5) is 11.4 Å². The minimum Gasteiger partial charge on any atom is -0.378 e. The molecule has 0 aliphatic carbocycles. The van der Waals surface area contributed by atoms with Crippen LogP contribution in [0.3, 0.4) is 0 Å². The Kier molecular flexibility index (Phi) is 7.10. The normalized spacial score (nSPS) is 14.3. The molecule has 0 spiro atoms. The predicted molar refractivity (Wildman–Crippen MR) is 146 cm³/mol. The van der Waals surface area contributed by atoms with Gasteiger partial charge in [-0.15, -0.1) is 0 Å². The number of pyridine rings is 1. The minimum atomic E-state index is -0.278. The fraction of sp³-hybridized carbons (Fsp3) is 0.226. The van der Waals surface area contributed by atoms with Crippen molar-refractivity contribution in [1.29, 1.82) is 0 Å². The van der Waals surface area contributed by atoms with E-state index in [4.69, 9.17) is 4.74 Å². The van der Waals surface area contributed by atoms with Crippen LogP contribution in [0.1, 0.15) is 24.1 Å². The molecule has 0 saturated carbocycles. The maximum Gasteiger partial charge on any atom is 0.231 e. The van der Waals surface area contributed by atoms with Gasteiger partial charge in [0.2, 0.25) is 5.91 Å². The zero-order chi connectivity index (χ0) is 24.9. The lowest BCUT2D eigenvalue weighted by Gasteiger charge is -2.29. The summed E-state index contributed by atoms with van der Waals surface area (Å²) in [6.45, 7) is 7.33. The van der Waals surface area contributed by atoms with Crippen LogP contribution < -0.4 is 10.2 Å². The van der Waals surface area contributed by atoms with E-state index in [1.54, 1.807) is 0 Å². The summed E-state index contributed by atoms with van der Waals surface area (Å²) in [7, 11) is 0. The molecule has 3 aromatic carbocycles. The number of benzene rings is 3. The molecule has 0 bridgehead atoms. The highest BCUT2D eigenvalue weighted by molar-refractivity contribution is 5.96. The number of carbonyl (C=O) groups excluding carboxylic acids is 1. The average Bonchev–Trinajstić information content (AvgIpc) is 2.94. The Hall–Kier alpha value is -3.96. The molecule has 1 aliphatic rings. The van der Waals surface area contributed by atoms with Crippen molar-refractivity contribution in [3.8, 4) is 22.3 Å². The van der Waals surface area contributed by atoms with Gasteiger partial charge in [-0.05, 0) is 78.1 Å². The Balaban J connectivity index is 1.26. The van der Waals surface area contributed by atoms with Gasteiger partial charge in [-0.1, -0.05) is 48.5 Å². The van der Waals surface area contributed by atoms with E-state index in [0.717, 1.165) is 65.5 Å². The van der Waals surface area contributed by atoms with E-state index in [2.05, 4.69) is 57.7 Å². The second-order valence-corrected chi connectivity index (χ2v) is 9.25. The largest absolute Gasteiger partial charge is 0.378 e. The maximum absolute atomic E-state index is 13.0. The summed E-state index contributed by atoms with van der Waals surface area (Å²) < 4.78 is 5.46. The Morgan fingerprint density at radius 2 is 1.53 bits per heavy atom. The number of aromatic nitrogens is 1. The van der Waals surface area contributed by atoms with Gasteiger partial charge >= 0.3 is 0 Å². The van der Waals surface area contributed by atoms with Gasteiger partial charge in [-0.3, -0.25) is 9.78 Å². The summed E-state index contributed by atoms with van der Waals surface area (Å²) in [6.07, 6.45) is 1.81. The fourth-order valence-electron chi connectivity index (χ4n) is 4.55. The molecule has 4 aromatic rings. The molecule has 1 amide bonds. The van der Waals surface area contributed by atoms with Gasteiger partial charge in [-0.25, -0.2) is 0 Å². The van der Waals surface area contributed by atoms with Gasteiger partial charge in [0.15, 0.2) is 0 Å². The molecule has 0 radical (unpaired) electrons. The first-order valence-corrected chi connectivity index (χ1v) is 12.4. The van der Waals surface area contributed by atoms with E-state index in [9.17, 15) is 4.79 Å². The SMILES string of the molecule is Cc1cc(-c2ccc(NC(=O)C(C)c3cccc(-c4ccc(N5CCOCC5)cc4)c3)cc2)ccn1. The first-order valence-electron chi connectivity index (χ1n) is 12.4. The second-order valence-electron chi connectivity index (χ2n) is 9.25. The number of aryl methyl sites for hydroxylation is 1.